The third-order valence-corrected chi connectivity index (χ3v) is 2.49. The van der Waals surface area contributed by atoms with Crippen LogP contribution in [-0.4, -0.2) is 54.6 Å². The van der Waals surface area contributed by atoms with E-state index >= 15 is 0 Å². The monoisotopic (exact) mass is 259 g/mol. The molecule has 0 saturated carbocycles. The maximum Gasteiger partial charge on any atom is 0.304 e. The zero-order valence-corrected chi connectivity index (χ0v) is 11.5. The van der Waals surface area contributed by atoms with Gasteiger partial charge < -0.3 is 9.84 Å². The fourth-order valence-corrected chi connectivity index (χ4v) is 1.58. The summed E-state index contributed by atoms with van der Waals surface area (Å²) >= 11 is 0. The van der Waals surface area contributed by atoms with E-state index in [4.69, 9.17) is 9.84 Å². The molecule has 0 amide bonds. The van der Waals surface area contributed by atoms with E-state index < -0.39 is 5.97 Å². The molecule has 0 bridgehead atoms. The summed E-state index contributed by atoms with van der Waals surface area (Å²) in [6.07, 6.45) is 3.09. The molecular formula is C13H25NO4. The number of carbonyl (C=O) groups is 2. The van der Waals surface area contributed by atoms with E-state index in [1.54, 1.807) is 0 Å². The van der Waals surface area contributed by atoms with Gasteiger partial charge in [-0.1, -0.05) is 13.3 Å². The summed E-state index contributed by atoms with van der Waals surface area (Å²) in [5.41, 5.74) is 0. The van der Waals surface area contributed by atoms with Crippen molar-refractivity contribution in [2.24, 2.45) is 0 Å². The Morgan fingerprint density at radius 1 is 1.17 bits per heavy atom. The van der Waals surface area contributed by atoms with Crippen LogP contribution in [0.3, 0.4) is 0 Å². The normalized spacial score (nSPS) is 10.8. The molecule has 0 heterocycles. The van der Waals surface area contributed by atoms with Gasteiger partial charge in [0.05, 0.1) is 13.0 Å². The van der Waals surface area contributed by atoms with Gasteiger partial charge in [0.2, 0.25) is 0 Å². The second kappa shape index (κ2) is 11.2. The quantitative estimate of drug-likeness (QED) is 0.539. The highest BCUT2D eigenvalue weighted by Gasteiger charge is 2.09. The molecule has 0 aliphatic rings. The minimum atomic E-state index is -0.831. The summed E-state index contributed by atoms with van der Waals surface area (Å²) in [5.74, 6) is -0.768. The number of nitrogens with zero attached hydrogens (tertiary/aromatic N) is 1. The molecule has 0 spiro atoms. The number of hydrogen-bond donors (Lipinski definition) is 1. The standard InChI is InChI=1S/C13H25NO4/c1-3-4-9-18-10-5-7-14(11-12(2)15)8-6-13(16)17/h3-11H2,1-2H3,(H,16,17). The molecule has 0 aromatic rings. The van der Waals surface area contributed by atoms with E-state index in [0.29, 0.717) is 26.2 Å². The fraction of sp³-hybridized carbons (Fsp3) is 0.846. The number of Topliss-reactive ketones (excluding diaryl/α,β-unsaturated/α-hetero) is 1. The molecule has 0 aromatic heterocycles. The van der Waals surface area contributed by atoms with Gasteiger partial charge in [-0.2, -0.15) is 0 Å². The number of ether oxygens (including phenoxy) is 1. The van der Waals surface area contributed by atoms with Gasteiger partial charge in [0.15, 0.2) is 0 Å². The number of rotatable bonds is 12. The van der Waals surface area contributed by atoms with E-state index in [1.807, 2.05) is 4.90 Å². The van der Waals surface area contributed by atoms with Crippen molar-refractivity contribution in [3.63, 3.8) is 0 Å². The first-order valence-corrected chi connectivity index (χ1v) is 6.57. The Morgan fingerprint density at radius 2 is 1.83 bits per heavy atom. The Morgan fingerprint density at radius 3 is 2.39 bits per heavy atom. The van der Waals surface area contributed by atoms with Gasteiger partial charge in [-0.25, -0.2) is 0 Å². The molecule has 106 valence electrons. The third kappa shape index (κ3) is 11.5. The highest BCUT2D eigenvalue weighted by Crippen LogP contribution is 1.97. The molecule has 0 fully saturated rings. The molecule has 0 saturated heterocycles. The number of unbranched alkanes of at least 4 members (excludes halogenated alkanes) is 1. The van der Waals surface area contributed by atoms with Gasteiger partial charge >= 0.3 is 5.97 Å². The van der Waals surface area contributed by atoms with Gasteiger partial charge in [-0.05, 0) is 19.8 Å². The summed E-state index contributed by atoms with van der Waals surface area (Å²) < 4.78 is 5.43. The smallest absolute Gasteiger partial charge is 0.304 e. The van der Waals surface area contributed by atoms with Crippen molar-refractivity contribution in [1.82, 2.24) is 4.90 Å². The Balaban J connectivity index is 3.71. The van der Waals surface area contributed by atoms with Crippen LogP contribution in [-0.2, 0) is 14.3 Å². The predicted octanol–water partition coefficient (Wildman–Crippen LogP) is 1.56. The average molecular weight is 259 g/mol. The van der Waals surface area contributed by atoms with Crippen molar-refractivity contribution in [1.29, 1.82) is 0 Å². The average Bonchev–Trinajstić information content (AvgIpc) is 2.29. The van der Waals surface area contributed by atoms with E-state index in [1.165, 1.54) is 6.92 Å². The minimum Gasteiger partial charge on any atom is -0.481 e. The maximum atomic E-state index is 11.1. The predicted molar refractivity (Wildman–Crippen MR) is 69.7 cm³/mol. The van der Waals surface area contributed by atoms with Crippen molar-refractivity contribution < 1.29 is 19.4 Å². The summed E-state index contributed by atoms with van der Waals surface area (Å²) in [7, 11) is 0. The molecule has 0 radical (unpaired) electrons. The summed E-state index contributed by atoms with van der Waals surface area (Å²) in [4.78, 5) is 23.4. The highest BCUT2D eigenvalue weighted by molar-refractivity contribution is 5.77. The number of hydrogen-bond acceptors (Lipinski definition) is 4. The van der Waals surface area contributed by atoms with Gasteiger partial charge in [-0.15, -0.1) is 0 Å². The van der Waals surface area contributed by atoms with E-state index in [9.17, 15) is 9.59 Å². The van der Waals surface area contributed by atoms with Crippen molar-refractivity contribution in [3.05, 3.63) is 0 Å². The van der Waals surface area contributed by atoms with Crippen molar-refractivity contribution in [2.45, 2.75) is 39.5 Å². The Bertz CT molecular complexity index is 243. The van der Waals surface area contributed by atoms with Gasteiger partial charge in [0.1, 0.15) is 5.78 Å². The molecule has 0 unspecified atom stereocenters. The number of carboxylic acids is 1. The Kier molecular flexibility index (Phi) is 10.6. The van der Waals surface area contributed by atoms with Crippen molar-refractivity contribution in [2.75, 3.05) is 32.8 Å². The number of ketones is 1. The van der Waals surface area contributed by atoms with Crippen LogP contribution in [0.25, 0.3) is 0 Å². The first-order chi connectivity index (χ1) is 8.56. The maximum absolute atomic E-state index is 11.1. The summed E-state index contributed by atoms with van der Waals surface area (Å²) in [6, 6.07) is 0. The van der Waals surface area contributed by atoms with Crippen LogP contribution in [0.2, 0.25) is 0 Å². The third-order valence-electron chi connectivity index (χ3n) is 2.49. The first-order valence-electron chi connectivity index (χ1n) is 6.57. The van der Waals surface area contributed by atoms with Crippen LogP contribution in [0.15, 0.2) is 0 Å². The number of carbonyl (C=O) groups excluding carboxylic acids is 1. The molecule has 0 aliphatic carbocycles. The van der Waals surface area contributed by atoms with Crippen LogP contribution in [0.5, 0.6) is 0 Å². The minimum absolute atomic E-state index is 0.0623. The zero-order chi connectivity index (χ0) is 13.8. The topological polar surface area (TPSA) is 66.8 Å². The number of carboxylic acid groups (broad SMARTS) is 1. The van der Waals surface area contributed by atoms with Gasteiger partial charge in [0, 0.05) is 26.3 Å². The van der Waals surface area contributed by atoms with E-state index in [2.05, 4.69) is 6.92 Å². The van der Waals surface area contributed by atoms with Crippen LogP contribution in [0.1, 0.15) is 39.5 Å². The molecule has 0 aliphatic heterocycles. The molecular weight excluding hydrogens is 234 g/mol. The molecule has 0 aromatic carbocycles. The lowest BCUT2D eigenvalue weighted by Crippen LogP contribution is -2.32. The van der Waals surface area contributed by atoms with E-state index in [-0.39, 0.29) is 12.2 Å². The largest absolute Gasteiger partial charge is 0.481 e. The highest BCUT2D eigenvalue weighted by atomic mass is 16.5. The number of aliphatic carboxylic acids is 1. The fourth-order valence-electron chi connectivity index (χ4n) is 1.58. The van der Waals surface area contributed by atoms with Crippen LogP contribution < -0.4 is 0 Å². The summed E-state index contributed by atoms with van der Waals surface area (Å²) in [6.45, 7) is 6.53. The SMILES string of the molecule is CCCCOCCCN(CCC(=O)O)CC(C)=O. The van der Waals surface area contributed by atoms with Crippen LogP contribution >= 0.6 is 0 Å². The lowest BCUT2D eigenvalue weighted by atomic mass is 10.3. The van der Waals surface area contributed by atoms with Crippen LogP contribution in [0.4, 0.5) is 0 Å². The molecule has 0 rings (SSSR count). The first kappa shape index (κ1) is 17.1. The lowest BCUT2D eigenvalue weighted by Gasteiger charge is -2.19. The molecule has 5 nitrogen and oxygen atoms in total. The van der Waals surface area contributed by atoms with E-state index in [0.717, 1.165) is 25.9 Å². The Hall–Kier alpha value is -0.940. The second-order valence-electron chi connectivity index (χ2n) is 4.44. The van der Waals surface area contributed by atoms with Crippen LogP contribution in [0, 0.1) is 0 Å². The second-order valence-corrected chi connectivity index (χ2v) is 4.44. The molecule has 1 N–H and O–H groups in total. The lowest BCUT2D eigenvalue weighted by molar-refractivity contribution is -0.137. The van der Waals surface area contributed by atoms with Gasteiger partial charge in [0.25, 0.3) is 0 Å². The van der Waals surface area contributed by atoms with Crippen molar-refractivity contribution >= 4 is 11.8 Å². The van der Waals surface area contributed by atoms with Crippen molar-refractivity contribution in [3.8, 4) is 0 Å². The molecule has 18 heavy (non-hydrogen) atoms. The Labute approximate surface area is 109 Å². The van der Waals surface area contributed by atoms with Gasteiger partial charge in [-0.3, -0.25) is 14.5 Å². The molecule has 0 atom stereocenters. The summed E-state index contributed by atoms with van der Waals surface area (Å²) in [5, 5.41) is 8.63. The molecule has 5 heteroatoms. The zero-order valence-electron chi connectivity index (χ0n) is 11.5.